The van der Waals surface area contributed by atoms with Gasteiger partial charge in [0.25, 0.3) is 0 Å². The first-order chi connectivity index (χ1) is 3.85. The first-order valence-corrected chi connectivity index (χ1v) is 2.71. The molecular formula is C3F5I. The molecule has 0 aromatic carbocycles. The maximum Gasteiger partial charge on any atom is 0.446 e. The van der Waals surface area contributed by atoms with Crippen LogP contribution in [0.1, 0.15) is 0 Å². The van der Waals surface area contributed by atoms with E-state index in [-0.39, 0.29) is 0 Å². The summed E-state index contributed by atoms with van der Waals surface area (Å²) in [7, 11) is 0. The predicted molar refractivity (Wildman–Crippen MR) is 29.3 cm³/mol. The van der Waals surface area contributed by atoms with Crippen molar-refractivity contribution in [2.75, 3.05) is 0 Å². The molecule has 0 aliphatic rings. The highest BCUT2D eigenvalue weighted by Crippen LogP contribution is 2.31. The van der Waals surface area contributed by atoms with Crippen molar-refractivity contribution in [1.82, 2.24) is 0 Å². The molecule has 0 aromatic rings. The topological polar surface area (TPSA) is 0 Å². The van der Waals surface area contributed by atoms with Crippen molar-refractivity contribution in [2.45, 2.75) is 6.18 Å². The number of hydrogen-bond donors (Lipinski definition) is 0. The van der Waals surface area contributed by atoms with Gasteiger partial charge in [0.15, 0.2) is 0 Å². The van der Waals surface area contributed by atoms with Gasteiger partial charge in [-0.05, 0) is 22.6 Å². The van der Waals surface area contributed by atoms with Crippen LogP contribution in [0.3, 0.4) is 0 Å². The summed E-state index contributed by atoms with van der Waals surface area (Å²) in [5, 5.41) is 0. The van der Waals surface area contributed by atoms with Crippen LogP contribution in [0.25, 0.3) is 0 Å². The largest absolute Gasteiger partial charge is 0.446 e. The summed E-state index contributed by atoms with van der Waals surface area (Å²) < 4.78 is 54.0. The molecule has 6 heteroatoms. The molecule has 0 N–H and O–H groups in total. The normalized spacial score (nSPS) is 15.3. The number of alkyl halides is 3. The lowest BCUT2D eigenvalue weighted by molar-refractivity contribution is -0.110. The van der Waals surface area contributed by atoms with Crippen molar-refractivity contribution < 1.29 is 22.0 Å². The summed E-state index contributed by atoms with van der Waals surface area (Å²) in [5.74, 6) is -2.68. The zero-order valence-corrected chi connectivity index (χ0v) is 5.93. The highest BCUT2D eigenvalue weighted by atomic mass is 127. The summed E-state index contributed by atoms with van der Waals surface area (Å²) in [6.45, 7) is 0. The maximum atomic E-state index is 11.4. The zero-order valence-electron chi connectivity index (χ0n) is 3.77. The lowest BCUT2D eigenvalue weighted by Gasteiger charge is -1.99. The monoisotopic (exact) mass is 258 g/mol. The standard InChI is InChI=1S/C3F5I/c4-1(2(5)9)3(6,7)8. The van der Waals surface area contributed by atoms with E-state index in [1.165, 1.54) is 0 Å². The highest BCUT2D eigenvalue weighted by Gasteiger charge is 2.37. The molecule has 9 heavy (non-hydrogen) atoms. The third kappa shape index (κ3) is 2.97. The van der Waals surface area contributed by atoms with Gasteiger partial charge < -0.3 is 0 Å². The molecule has 0 aromatic heterocycles. The van der Waals surface area contributed by atoms with Gasteiger partial charge in [-0.2, -0.15) is 22.0 Å². The van der Waals surface area contributed by atoms with Crippen LogP contribution in [0.15, 0.2) is 9.66 Å². The fourth-order valence-electron chi connectivity index (χ4n) is 0.107. The molecule has 0 radical (unpaired) electrons. The molecule has 0 fully saturated rings. The van der Waals surface area contributed by atoms with E-state index in [2.05, 4.69) is 0 Å². The first-order valence-electron chi connectivity index (χ1n) is 1.63. The Kier molecular flexibility index (Phi) is 2.84. The average Bonchev–Trinajstić information content (AvgIpc) is 1.62. The average molecular weight is 258 g/mol. The molecular weight excluding hydrogens is 258 g/mol. The molecule has 0 saturated heterocycles. The van der Waals surface area contributed by atoms with E-state index in [0.717, 1.165) is 0 Å². The van der Waals surface area contributed by atoms with E-state index < -0.39 is 15.8 Å². The Morgan fingerprint density at radius 3 is 1.44 bits per heavy atom. The fourth-order valence-corrected chi connectivity index (χ4v) is 0.413. The fraction of sp³-hybridized carbons (Fsp3) is 0.333. The molecule has 0 atom stereocenters. The SMILES string of the molecule is FC(I)=C(F)C(F)(F)F. The van der Waals surface area contributed by atoms with Crippen molar-refractivity contribution in [3.63, 3.8) is 0 Å². The molecule has 0 aliphatic carbocycles. The van der Waals surface area contributed by atoms with Gasteiger partial charge in [-0.25, -0.2) is 0 Å². The molecule has 0 aliphatic heterocycles. The van der Waals surface area contributed by atoms with E-state index in [1.807, 2.05) is 0 Å². The van der Waals surface area contributed by atoms with Crippen LogP contribution in [-0.4, -0.2) is 6.18 Å². The lowest BCUT2D eigenvalue weighted by atomic mass is 10.6. The van der Waals surface area contributed by atoms with E-state index >= 15 is 0 Å². The van der Waals surface area contributed by atoms with Crippen molar-refractivity contribution in [3.8, 4) is 0 Å². The predicted octanol–water partition coefficient (Wildman–Crippen LogP) is 3.09. The molecule has 0 heterocycles. The third-order valence-corrected chi connectivity index (χ3v) is 0.888. The summed E-state index contributed by atoms with van der Waals surface area (Å²) >= 11 is 0.612. The van der Waals surface area contributed by atoms with Crippen molar-refractivity contribution in [1.29, 1.82) is 0 Å². The summed E-state index contributed by atoms with van der Waals surface area (Å²) in [6.07, 6.45) is -5.19. The number of hydrogen-bond acceptors (Lipinski definition) is 0. The van der Waals surface area contributed by atoms with Crippen LogP contribution < -0.4 is 0 Å². The van der Waals surface area contributed by atoms with Crippen LogP contribution in [0, 0.1) is 0 Å². The Morgan fingerprint density at radius 2 is 1.44 bits per heavy atom. The molecule has 0 nitrogen and oxygen atoms in total. The van der Waals surface area contributed by atoms with Gasteiger partial charge in [0.1, 0.15) is 0 Å². The molecule has 0 spiro atoms. The minimum atomic E-state index is -5.19. The molecule has 54 valence electrons. The van der Waals surface area contributed by atoms with E-state index in [4.69, 9.17) is 0 Å². The van der Waals surface area contributed by atoms with Crippen LogP contribution >= 0.6 is 22.6 Å². The van der Waals surface area contributed by atoms with Gasteiger partial charge in [-0.3, -0.25) is 0 Å². The van der Waals surface area contributed by atoms with Crippen molar-refractivity contribution in [3.05, 3.63) is 9.66 Å². The Labute approximate surface area is 60.9 Å². The molecule has 0 rings (SSSR count). The van der Waals surface area contributed by atoms with Gasteiger partial charge in [0.2, 0.25) is 9.66 Å². The third-order valence-electron chi connectivity index (χ3n) is 0.415. The number of allylic oxidation sites excluding steroid dienone is 1. The maximum absolute atomic E-state index is 11.4. The quantitative estimate of drug-likeness (QED) is 0.462. The molecule has 0 amide bonds. The van der Waals surface area contributed by atoms with Gasteiger partial charge in [0.05, 0.1) is 0 Å². The minimum Gasteiger partial charge on any atom is -0.198 e. The second-order valence-corrected chi connectivity index (χ2v) is 2.02. The summed E-state index contributed by atoms with van der Waals surface area (Å²) in [4.78, 5) is 0. The van der Waals surface area contributed by atoms with Crippen molar-refractivity contribution >= 4 is 22.6 Å². The first kappa shape index (κ1) is 9.12. The Morgan fingerprint density at radius 1 is 1.11 bits per heavy atom. The lowest BCUT2D eigenvalue weighted by Crippen LogP contribution is -2.07. The number of halogens is 6. The smallest absolute Gasteiger partial charge is 0.198 e. The Balaban J connectivity index is 4.40. The van der Waals surface area contributed by atoms with Crippen LogP contribution in [0.5, 0.6) is 0 Å². The van der Waals surface area contributed by atoms with Gasteiger partial charge >= 0.3 is 6.18 Å². The highest BCUT2D eigenvalue weighted by molar-refractivity contribution is 14.1. The minimum absolute atomic E-state index is 0.612. The summed E-state index contributed by atoms with van der Waals surface area (Å²) in [6, 6.07) is 0. The van der Waals surface area contributed by atoms with E-state index in [1.54, 1.807) is 0 Å². The molecule has 0 saturated carbocycles. The summed E-state index contributed by atoms with van der Waals surface area (Å²) in [5.41, 5.74) is 0. The van der Waals surface area contributed by atoms with Gasteiger partial charge in [-0.1, -0.05) is 0 Å². The van der Waals surface area contributed by atoms with E-state index in [9.17, 15) is 22.0 Å². The second kappa shape index (κ2) is 2.80. The Hall–Kier alpha value is 0.120. The molecule has 0 bridgehead atoms. The van der Waals surface area contributed by atoms with Crippen LogP contribution in [-0.2, 0) is 0 Å². The van der Waals surface area contributed by atoms with E-state index in [0.29, 0.717) is 22.6 Å². The van der Waals surface area contributed by atoms with Crippen molar-refractivity contribution in [2.24, 2.45) is 0 Å². The van der Waals surface area contributed by atoms with Crippen LogP contribution in [0.2, 0.25) is 0 Å². The second-order valence-electron chi connectivity index (χ2n) is 1.07. The Bertz CT molecular complexity index is 130. The van der Waals surface area contributed by atoms with Crippen LogP contribution in [0.4, 0.5) is 22.0 Å². The number of rotatable bonds is 0. The zero-order chi connectivity index (χ0) is 7.65. The van der Waals surface area contributed by atoms with Gasteiger partial charge in [0, 0.05) is 0 Å². The molecule has 0 unspecified atom stereocenters. The van der Waals surface area contributed by atoms with Gasteiger partial charge in [-0.15, -0.1) is 0 Å².